The van der Waals surface area contributed by atoms with Gasteiger partial charge in [0.25, 0.3) is 0 Å². The lowest BCUT2D eigenvalue weighted by Gasteiger charge is -2.33. The number of nitrogens with zero attached hydrogens (tertiary/aromatic N) is 2. The van der Waals surface area contributed by atoms with Crippen LogP contribution in [0.3, 0.4) is 0 Å². The number of esters is 1. The van der Waals surface area contributed by atoms with Crippen LogP contribution in [-0.4, -0.2) is 36.8 Å². The Hall–Kier alpha value is -3.86. The maximum absolute atomic E-state index is 12.2. The normalized spacial score (nSPS) is 14.2. The molecule has 0 saturated carbocycles. The number of hydrogen-bond donors (Lipinski definition) is 0. The van der Waals surface area contributed by atoms with Crippen LogP contribution in [0.15, 0.2) is 78.9 Å². The second-order valence-corrected chi connectivity index (χ2v) is 9.80. The lowest BCUT2D eigenvalue weighted by molar-refractivity contribution is -0.148. The zero-order valence-corrected chi connectivity index (χ0v) is 21.8. The van der Waals surface area contributed by atoms with Crippen LogP contribution in [0.25, 0.3) is 33.3 Å². The Bertz CT molecular complexity index is 1370. The quantitative estimate of drug-likeness (QED) is 0.256. The van der Waals surface area contributed by atoms with E-state index in [4.69, 9.17) is 14.5 Å². The van der Waals surface area contributed by atoms with Crippen LogP contribution in [0.5, 0.6) is 5.75 Å². The van der Waals surface area contributed by atoms with E-state index in [1.165, 1.54) is 5.69 Å². The Labute approximate surface area is 219 Å². The van der Waals surface area contributed by atoms with Crippen molar-refractivity contribution in [2.24, 2.45) is 5.92 Å². The number of ether oxygens (including phenoxy) is 2. The summed E-state index contributed by atoms with van der Waals surface area (Å²) in [6.45, 7) is 8.03. The van der Waals surface area contributed by atoms with Crippen LogP contribution in [0.2, 0.25) is 0 Å². The highest BCUT2D eigenvalue weighted by Crippen LogP contribution is 2.35. The van der Waals surface area contributed by atoms with Crippen LogP contribution in [-0.2, 0) is 9.53 Å². The molecular formula is C32H34N2O3. The van der Waals surface area contributed by atoms with Gasteiger partial charge in [0.1, 0.15) is 5.75 Å². The third-order valence-electron chi connectivity index (χ3n) is 6.89. The van der Waals surface area contributed by atoms with Gasteiger partial charge in [0.2, 0.25) is 0 Å². The van der Waals surface area contributed by atoms with Gasteiger partial charge >= 0.3 is 5.97 Å². The van der Waals surface area contributed by atoms with Crippen molar-refractivity contribution in [3.05, 3.63) is 78.9 Å². The van der Waals surface area contributed by atoms with Crippen molar-refractivity contribution < 1.29 is 14.3 Å². The van der Waals surface area contributed by atoms with Crippen LogP contribution >= 0.6 is 0 Å². The van der Waals surface area contributed by atoms with Gasteiger partial charge in [-0.2, -0.15) is 0 Å². The number of rotatable bonds is 7. The molecule has 2 heterocycles. The van der Waals surface area contributed by atoms with Crippen molar-refractivity contribution in [1.82, 2.24) is 4.98 Å². The molecule has 190 valence electrons. The number of carbonyl (C=O) groups is 1. The Kier molecular flexibility index (Phi) is 7.40. The maximum Gasteiger partial charge on any atom is 0.309 e. The molecule has 0 radical (unpaired) electrons. The van der Waals surface area contributed by atoms with Crippen molar-refractivity contribution in [2.75, 3.05) is 24.6 Å². The molecule has 3 aromatic carbocycles. The molecule has 1 aliphatic heterocycles. The summed E-state index contributed by atoms with van der Waals surface area (Å²) in [6.07, 6.45) is 1.72. The minimum atomic E-state index is -0.0668. The third kappa shape index (κ3) is 5.46. The molecule has 0 spiro atoms. The van der Waals surface area contributed by atoms with Crippen LogP contribution in [0.1, 0.15) is 33.6 Å². The van der Waals surface area contributed by atoms with E-state index in [-0.39, 0.29) is 18.0 Å². The summed E-state index contributed by atoms with van der Waals surface area (Å²) < 4.78 is 11.3. The van der Waals surface area contributed by atoms with Gasteiger partial charge in [-0.15, -0.1) is 0 Å². The average molecular weight is 495 g/mol. The predicted octanol–water partition coefficient (Wildman–Crippen LogP) is 7.14. The van der Waals surface area contributed by atoms with Gasteiger partial charge in [0, 0.05) is 35.3 Å². The van der Waals surface area contributed by atoms with E-state index in [9.17, 15) is 4.79 Å². The Morgan fingerprint density at radius 2 is 1.62 bits per heavy atom. The SMILES string of the molecule is CCOC(=O)C1CCN(c2cc(-c3ccc(-c4ccccc4OC(C)C)cc3)nc3ccccc23)CC1. The van der Waals surface area contributed by atoms with Crippen molar-refractivity contribution in [3.8, 4) is 28.1 Å². The molecule has 5 rings (SSSR count). The molecule has 0 atom stereocenters. The molecule has 0 bridgehead atoms. The van der Waals surface area contributed by atoms with E-state index in [0.29, 0.717) is 6.61 Å². The first-order chi connectivity index (χ1) is 18.0. The summed E-state index contributed by atoms with van der Waals surface area (Å²) in [5, 5.41) is 1.14. The monoisotopic (exact) mass is 494 g/mol. The highest BCUT2D eigenvalue weighted by molar-refractivity contribution is 5.94. The number of piperidine rings is 1. The second-order valence-electron chi connectivity index (χ2n) is 9.80. The first kappa shape index (κ1) is 24.8. The van der Waals surface area contributed by atoms with E-state index >= 15 is 0 Å². The van der Waals surface area contributed by atoms with Crippen LogP contribution in [0, 0.1) is 5.92 Å². The van der Waals surface area contributed by atoms with Crippen molar-refractivity contribution in [2.45, 2.75) is 39.7 Å². The second kappa shape index (κ2) is 11.0. The lowest BCUT2D eigenvalue weighted by atomic mass is 9.95. The number of fused-ring (bicyclic) bond motifs is 1. The molecule has 1 saturated heterocycles. The minimum Gasteiger partial charge on any atom is -0.490 e. The lowest BCUT2D eigenvalue weighted by Crippen LogP contribution is -2.37. The number of aromatic nitrogens is 1. The topological polar surface area (TPSA) is 51.7 Å². The number of hydrogen-bond acceptors (Lipinski definition) is 5. The van der Waals surface area contributed by atoms with Crippen molar-refractivity contribution >= 4 is 22.6 Å². The zero-order chi connectivity index (χ0) is 25.8. The Morgan fingerprint density at radius 1 is 0.946 bits per heavy atom. The van der Waals surface area contributed by atoms with Crippen molar-refractivity contribution in [3.63, 3.8) is 0 Å². The van der Waals surface area contributed by atoms with Gasteiger partial charge in [-0.25, -0.2) is 4.98 Å². The molecule has 0 amide bonds. The van der Waals surface area contributed by atoms with E-state index in [0.717, 1.165) is 65.0 Å². The standard InChI is InChI=1S/C32H34N2O3/c1-4-36-32(35)25-17-19-34(20-18-25)30-21-29(33-28-11-7-5-10-27(28)30)24-15-13-23(14-16-24)26-9-6-8-12-31(26)37-22(2)3/h5-16,21-22,25H,4,17-20H2,1-3H3. The molecular weight excluding hydrogens is 460 g/mol. The summed E-state index contributed by atoms with van der Waals surface area (Å²) in [7, 11) is 0. The van der Waals surface area contributed by atoms with Crippen molar-refractivity contribution in [1.29, 1.82) is 0 Å². The van der Waals surface area contributed by atoms with Crippen LogP contribution in [0.4, 0.5) is 5.69 Å². The minimum absolute atomic E-state index is 0.0149. The molecule has 5 heteroatoms. The molecule has 1 aromatic heterocycles. The summed E-state index contributed by atoms with van der Waals surface area (Å²) in [6, 6.07) is 27.2. The fourth-order valence-electron chi connectivity index (χ4n) is 5.07. The van der Waals surface area contributed by atoms with Gasteiger partial charge in [0.05, 0.1) is 29.8 Å². The van der Waals surface area contributed by atoms with Gasteiger partial charge in [-0.05, 0) is 57.4 Å². The largest absolute Gasteiger partial charge is 0.490 e. The highest BCUT2D eigenvalue weighted by atomic mass is 16.5. The summed E-state index contributed by atoms with van der Waals surface area (Å²) in [5.41, 5.74) is 6.35. The number of para-hydroxylation sites is 2. The maximum atomic E-state index is 12.2. The predicted molar refractivity (Wildman–Crippen MR) is 150 cm³/mol. The fraction of sp³-hybridized carbons (Fsp3) is 0.312. The molecule has 0 N–H and O–H groups in total. The van der Waals surface area contributed by atoms with E-state index in [1.807, 2.05) is 45.0 Å². The summed E-state index contributed by atoms with van der Waals surface area (Å²) in [4.78, 5) is 19.6. The number of benzene rings is 3. The Morgan fingerprint density at radius 3 is 2.35 bits per heavy atom. The molecule has 5 nitrogen and oxygen atoms in total. The van der Waals surface area contributed by atoms with E-state index in [2.05, 4.69) is 59.5 Å². The summed E-state index contributed by atoms with van der Waals surface area (Å²) >= 11 is 0. The average Bonchev–Trinajstić information content (AvgIpc) is 2.93. The van der Waals surface area contributed by atoms with Gasteiger partial charge < -0.3 is 14.4 Å². The smallest absolute Gasteiger partial charge is 0.309 e. The first-order valence-electron chi connectivity index (χ1n) is 13.2. The summed E-state index contributed by atoms with van der Waals surface area (Å²) in [5.74, 6) is 0.810. The molecule has 1 fully saturated rings. The van der Waals surface area contributed by atoms with Crippen LogP contribution < -0.4 is 9.64 Å². The number of carbonyl (C=O) groups excluding carboxylic acids is 1. The molecule has 0 unspecified atom stereocenters. The zero-order valence-electron chi connectivity index (χ0n) is 21.8. The Balaban J connectivity index is 1.44. The molecule has 1 aliphatic rings. The number of anilines is 1. The van der Waals surface area contributed by atoms with E-state index in [1.54, 1.807) is 0 Å². The number of pyridine rings is 1. The molecule has 37 heavy (non-hydrogen) atoms. The first-order valence-corrected chi connectivity index (χ1v) is 13.2. The van der Waals surface area contributed by atoms with Gasteiger partial charge in [0.15, 0.2) is 0 Å². The van der Waals surface area contributed by atoms with E-state index < -0.39 is 0 Å². The highest BCUT2D eigenvalue weighted by Gasteiger charge is 2.27. The third-order valence-corrected chi connectivity index (χ3v) is 6.89. The molecule has 4 aromatic rings. The van der Waals surface area contributed by atoms with Gasteiger partial charge in [-0.1, -0.05) is 60.7 Å². The molecule has 0 aliphatic carbocycles. The fourth-order valence-corrected chi connectivity index (χ4v) is 5.07. The van der Waals surface area contributed by atoms with Gasteiger partial charge in [-0.3, -0.25) is 4.79 Å².